The predicted octanol–water partition coefficient (Wildman–Crippen LogP) is 3.60. The number of hydrogen-bond donors (Lipinski definition) is 2. The van der Waals surface area contributed by atoms with Gasteiger partial charge in [0.05, 0.1) is 0 Å². The van der Waals surface area contributed by atoms with E-state index in [9.17, 15) is 5.11 Å². The highest BCUT2D eigenvalue weighted by atomic mass is 16.3. The van der Waals surface area contributed by atoms with Crippen molar-refractivity contribution in [1.82, 2.24) is 5.32 Å². The van der Waals surface area contributed by atoms with Crippen molar-refractivity contribution < 1.29 is 5.11 Å². The zero-order valence-electron chi connectivity index (χ0n) is 11.1. The third-order valence-corrected chi connectivity index (χ3v) is 3.85. The molecule has 1 aliphatic rings. The zero-order valence-corrected chi connectivity index (χ0v) is 11.1. The van der Waals surface area contributed by atoms with Crippen molar-refractivity contribution in [2.75, 3.05) is 0 Å². The fourth-order valence-corrected chi connectivity index (χ4v) is 2.66. The number of aromatic hydroxyl groups is 1. The summed E-state index contributed by atoms with van der Waals surface area (Å²) in [6.07, 6.45) is 1.20. The third-order valence-electron chi connectivity index (χ3n) is 3.85. The first-order valence-electron chi connectivity index (χ1n) is 6.84. The highest BCUT2D eigenvalue weighted by molar-refractivity contribution is 5.31. The van der Waals surface area contributed by atoms with Crippen molar-refractivity contribution in [1.29, 1.82) is 0 Å². The predicted molar refractivity (Wildman–Crippen MR) is 77.2 cm³/mol. The van der Waals surface area contributed by atoms with E-state index >= 15 is 0 Å². The SMILES string of the molecule is CC(NC1CC1c1ccccc1)c1cccc(O)c1. The van der Waals surface area contributed by atoms with Crippen LogP contribution in [0, 0.1) is 0 Å². The molecule has 2 aromatic rings. The summed E-state index contributed by atoms with van der Waals surface area (Å²) in [5, 5.41) is 13.1. The summed E-state index contributed by atoms with van der Waals surface area (Å²) < 4.78 is 0. The molecule has 0 radical (unpaired) electrons. The highest BCUT2D eigenvalue weighted by Gasteiger charge is 2.38. The molecule has 0 saturated heterocycles. The average Bonchev–Trinajstić information content (AvgIpc) is 3.19. The maximum atomic E-state index is 9.51. The van der Waals surface area contributed by atoms with Gasteiger partial charge in [0.15, 0.2) is 0 Å². The second-order valence-corrected chi connectivity index (χ2v) is 5.34. The Balaban J connectivity index is 1.62. The van der Waals surface area contributed by atoms with E-state index in [4.69, 9.17) is 0 Å². The average molecular weight is 253 g/mol. The van der Waals surface area contributed by atoms with Crippen molar-refractivity contribution in [3.63, 3.8) is 0 Å². The molecule has 19 heavy (non-hydrogen) atoms. The van der Waals surface area contributed by atoms with E-state index in [-0.39, 0.29) is 6.04 Å². The number of nitrogens with one attached hydrogen (secondary N) is 1. The Bertz CT molecular complexity index is 552. The fraction of sp³-hybridized carbons (Fsp3) is 0.294. The van der Waals surface area contributed by atoms with Crippen molar-refractivity contribution >= 4 is 0 Å². The van der Waals surface area contributed by atoms with E-state index in [0.29, 0.717) is 17.7 Å². The Morgan fingerprint density at radius 1 is 1.11 bits per heavy atom. The van der Waals surface area contributed by atoms with Crippen molar-refractivity contribution in [2.45, 2.75) is 31.3 Å². The van der Waals surface area contributed by atoms with Gasteiger partial charge in [-0.05, 0) is 36.6 Å². The minimum atomic E-state index is 0.269. The number of benzene rings is 2. The van der Waals surface area contributed by atoms with E-state index in [2.05, 4.69) is 48.6 Å². The second-order valence-electron chi connectivity index (χ2n) is 5.34. The third kappa shape index (κ3) is 2.79. The molecule has 2 nitrogen and oxygen atoms in total. The second kappa shape index (κ2) is 5.06. The molecule has 0 bridgehead atoms. The van der Waals surface area contributed by atoms with Gasteiger partial charge < -0.3 is 10.4 Å². The van der Waals surface area contributed by atoms with Gasteiger partial charge in [-0.25, -0.2) is 0 Å². The number of phenols is 1. The topological polar surface area (TPSA) is 32.3 Å². The van der Waals surface area contributed by atoms with Crippen LogP contribution in [0.25, 0.3) is 0 Å². The van der Waals surface area contributed by atoms with Gasteiger partial charge in [-0.3, -0.25) is 0 Å². The minimum absolute atomic E-state index is 0.269. The number of phenolic OH excluding ortho intramolecular Hbond substituents is 1. The molecule has 98 valence electrons. The van der Waals surface area contributed by atoms with Crippen molar-refractivity contribution in [3.05, 3.63) is 65.7 Å². The first-order chi connectivity index (χ1) is 9.24. The summed E-state index contributed by atoms with van der Waals surface area (Å²) in [7, 11) is 0. The number of rotatable bonds is 4. The van der Waals surface area contributed by atoms with Gasteiger partial charge >= 0.3 is 0 Å². The van der Waals surface area contributed by atoms with Gasteiger partial charge in [-0.15, -0.1) is 0 Å². The standard InChI is InChI=1S/C17H19NO/c1-12(14-8-5-9-15(19)10-14)18-17-11-16(17)13-6-3-2-4-7-13/h2-10,12,16-19H,11H2,1H3. The van der Waals surface area contributed by atoms with Gasteiger partial charge in [0, 0.05) is 18.0 Å². The molecule has 1 aliphatic carbocycles. The summed E-state index contributed by atoms with van der Waals surface area (Å²) in [4.78, 5) is 0. The molecule has 1 fully saturated rings. The van der Waals surface area contributed by atoms with Crippen molar-refractivity contribution in [2.24, 2.45) is 0 Å². The summed E-state index contributed by atoms with van der Waals surface area (Å²) in [6, 6.07) is 19.0. The fourth-order valence-electron chi connectivity index (χ4n) is 2.66. The van der Waals surface area contributed by atoms with Gasteiger partial charge in [0.1, 0.15) is 5.75 Å². The van der Waals surface area contributed by atoms with E-state index in [1.807, 2.05) is 12.1 Å². The molecule has 2 aromatic carbocycles. The molecule has 2 heteroatoms. The van der Waals surface area contributed by atoms with Crippen molar-refractivity contribution in [3.8, 4) is 5.75 Å². The first-order valence-corrected chi connectivity index (χ1v) is 6.84. The van der Waals surface area contributed by atoms with Crippen LogP contribution in [-0.2, 0) is 0 Å². The van der Waals surface area contributed by atoms with Gasteiger partial charge in [0.2, 0.25) is 0 Å². The Morgan fingerprint density at radius 3 is 2.63 bits per heavy atom. The lowest BCUT2D eigenvalue weighted by molar-refractivity contribution is 0.472. The number of hydrogen-bond acceptors (Lipinski definition) is 2. The van der Waals surface area contributed by atoms with Crippen LogP contribution in [0.5, 0.6) is 5.75 Å². The van der Waals surface area contributed by atoms with Gasteiger partial charge in [0.25, 0.3) is 0 Å². The van der Waals surface area contributed by atoms with E-state index in [0.717, 1.165) is 5.56 Å². The molecule has 0 heterocycles. The van der Waals surface area contributed by atoms with Crippen LogP contribution >= 0.6 is 0 Å². The lowest BCUT2D eigenvalue weighted by Crippen LogP contribution is -2.22. The summed E-state index contributed by atoms with van der Waals surface area (Å²) in [5.41, 5.74) is 2.56. The molecule has 0 spiro atoms. The largest absolute Gasteiger partial charge is 0.508 e. The molecule has 0 aliphatic heterocycles. The smallest absolute Gasteiger partial charge is 0.115 e. The van der Waals surface area contributed by atoms with E-state index in [1.54, 1.807) is 6.07 Å². The minimum Gasteiger partial charge on any atom is -0.508 e. The van der Waals surface area contributed by atoms with Gasteiger partial charge in [-0.1, -0.05) is 42.5 Å². The Labute approximate surface area is 114 Å². The van der Waals surface area contributed by atoms with Crippen LogP contribution in [0.3, 0.4) is 0 Å². The summed E-state index contributed by atoms with van der Waals surface area (Å²) in [6.45, 7) is 2.15. The lowest BCUT2D eigenvalue weighted by atomic mass is 10.1. The molecule has 3 rings (SSSR count). The maximum Gasteiger partial charge on any atom is 0.115 e. The molecule has 0 aromatic heterocycles. The molecule has 2 N–H and O–H groups in total. The molecule has 3 unspecified atom stereocenters. The van der Waals surface area contributed by atoms with E-state index < -0.39 is 0 Å². The monoisotopic (exact) mass is 253 g/mol. The molecule has 0 amide bonds. The molecular formula is C17H19NO. The van der Waals surface area contributed by atoms with Crippen LogP contribution in [-0.4, -0.2) is 11.1 Å². The Morgan fingerprint density at radius 2 is 1.89 bits per heavy atom. The Hall–Kier alpha value is -1.80. The van der Waals surface area contributed by atoms with Crippen LogP contribution in [0.4, 0.5) is 0 Å². The van der Waals surface area contributed by atoms with Crippen LogP contribution in [0.2, 0.25) is 0 Å². The van der Waals surface area contributed by atoms with Crippen LogP contribution < -0.4 is 5.32 Å². The van der Waals surface area contributed by atoms with Crippen LogP contribution in [0.1, 0.15) is 36.4 Å². The Kier molecular flexibility index (Phi) is 3.26. The van der Waals surface area contributed by atoms with E-state index in [1.165, 1.54) is 12.0 Å². The zero-order chi connectivity index (χ0) is 13.2. The molecule has 1 saturated carbocycles. The molecular weight excluding hydrogens is 234 g/mol. The first kappa shape index (κ1) is 12.2. The van der Waals surface area contributed by atoms with Crippen LogP contribution in [0.15, 0.2) is 54.6 Å². The maximum absolute atomic E-state index is 9.51. The molecule has 3 atom stereocenters. The van der Waals surface area contributed by atoms with Gasteiger partial charge in [-0.2, -0.15) is 0 Å². The normalized spacial score (nSPS) is 23.0. The summed E-state index contributed by atoms with van der Waals surface area (Å²) >= 11 is 0. The highest BCUT2D eigenvalue weighted by Crippen LogP contribution is 2.41. The quantitative estimate of drug-likeness (QED) is 0.872. The summed E-state index contributed by atoms with van der Waals surface area (Å²) in [5.74, 6) is 0.975. The lowest BCUT2D eigenvalue weighted by Gasteiger charge is -2.14.